The first-order chi connectivity index (χ1) is 11.8. The fourth-order valence-corrected chi connectivity index (χ4v) is 3.25. The molecule has 0 aromatic rings. The van der Waals surface area contributed by atoms with E-state index in [0.29, 0.717) is 0 Å². The summed E-state index contributed by atoms with van der Waals surface area (Å²) in [5.74, 6) is 0. The Morgan fingerprint density at radius 1 is 0.462 bits per heavy atom. The Bertz CT molecular complexity index is 185. The van der Waals surface area contributed by atoms with Crippen LogP contribution in [0.5, 0.6) is 0 Å². The summed E-state index contributed by atoms with van der Waals surface area (Å²) in [5, 5.41) is 0. The Kier molecular flexibility index (Phi) is 43.3. The Morgan fingerprint density at radius 3 is 0.962 bits per heavy atom. The summed E-state index contributed by atoms with van der Waals surface area (Å²) < 4.78 is 0. The smallest absolute Gasteiger partial charge is 0.0768 e. The van der Waals surface area contributed by atoms with Crippen LogP contribution >= 0.6 is 0 Å². The van der Waals surface area contributed by atoms with Gasteiger partial charge in [0.1, 0.15) is 0 Å². The minimum atomic E-state index is 0. The third-order valence-electron chi connectivity index (χ3n) is 4.91. The van der Waals surface area contributed by atoms with Gasteiger partial charge in [-0.05, 0) is 25.7 Å². The maximum absolute atomic E-state index is 3.25. The van der Waals surface area contributed by atoms with E-state index in [-0.39, 0.29) is 24.8 Å². The molecular weight excluding hydrogens is 363 g/mol. The van der Waals surface area contributed by atoms with Crippen LogP contribution in [0.25, 0.3) is 0 Å². The maximum atomic E-state index is 3.25. The van der Waals surface area contributed by atoms with Gasteiger partial charge in [-0.25, -0.2) is 0 Å². The first kappa shape index (κ1) is 34.0. The molecule has 0 aromatic heterocycles. The van der Waals surface area contributed by atoms with Crippen LogP contribution in [-0.4, -0.2) is 27.2 Å². The van der Waals surface area contributed by atoms with Crippen LogP contribution in [0.2, 0.25) is 0 Å². The van der Waals surface area contributed by atoms with Crippen LogP contribution in [0.4, 0.5) is 0 Å². The fourth-order valence-electron chi connectivity index (χ4n) is 3.25. The van der Waals surface area contributed by atoms with E-state index >= 15 is 0 Å². The Morgan fingerprint density at radius 2 is 0.692 bits per heavy atom. The van der Waals surface area contributed by atoms with Crippen LogP contribution < -0.4 is 35.4 Å². The summed E-state index contributed by atoms with van der Waals surface area (Å²) in [6.45, 7) is 7.38. The second kappa shape index (κ2) is 33.1. The van der Waals surface area contributed by atoms with E-state index in [1.54, 1.807) is 11.9 Å². The zero-order valence-electron chi connectivity index (χ0n) is 18.7. The van der Waals surface area contributed by atoms with Crippen molar-refractivity contribution in [3.05, 3.63) is 0 Å². The van der Waals surface area contributed by atoms with Crippen molar-refractivity contribution in [1.29, 1.82) is 0 Å². The molecule has 0 unspecified atom stereocenters. The first-order valence-electron chi connectivity index (χ1n) is 11.3. The molecule has 0 atom stereocenters. The van der Waals surface area contributed by atoms with E-state index in [0.717, 1.165) is 0 Å². The van der Waals surface area contributed by atoms with Crippen molar-refractivity contribution in [2.45, 2.75) is 117 Å². The van der Waals surface area contributed by atoms with Crippen molar-refractivity contribution >= 4 is 0 Å². The third-order valence-corrected chi connectivity index (χ3v) is 4.91. The van der Waals surface area contributed by atoms with E-state index in [2.05, 4.69) is 26.6 Å². The van der Waals surface area contributed by atoms with Gasteiger partial charge in [0.15, 0.2) is 0 Å². The number of unbranched alkanes of at least 4 members (excludes halogenated alkanes) is 14. The summed E-state index contributed by atoms with van der Waals surface area (Å²) in [6, 6.07) is 0. The van der Waals surface area contributed by atoms with Crippen molar-refractivity contribution in [3.8, 4) is 0 Å². The lowest BCUT2D eigenvalue weighted by molar-refractivity contribution is -0.880. The molecule has 0 saturated heterocycles. The normalized spacial score (nSPS) is 9.92. The summed E-state index contributed by atoms with van der Waals surface area (Å²) >= 11 is 0. The molecule has 0 spiro atoms. The second-order valence-electron chi connectivity index (χ2n) is 7.41. The van der Waals surface area contributed by atoms with Crippen molar-refractivity contribution in [1.82, 2.24) is 0 Å². The SMILES string of the molecule is CCCCCCCCCC[NH+](C)CCCCCCCCCC.C[NH3+].[Cl-].[Cl-]. The van der Waals surface area contributed by atoms with Gasteiger partial charge in [-0.1, -0.05) is 90.9 Å². The average molecular weight is 416 g/mol. The number of hydrogen-bond acceptors (Lipinski definition) is 0. The highest BCUT2D eigenvalue weighted by Crippen LogP contribution is 2.08. The van der Waals surface area contributed by atoms with Gasteiger partial charge in [0.2, 0.25) is 0 Å². The topological polar surface area (TPSA) is 32.1 Å². The average Bonchev–Trinajstić information content (AvgIpc) is 2.61. The Balaban J connectivity index is -0.000000582. The van der Waals surface area contributed by atoms with E-state index in [1.807, 2.05) is 0 Å². The molecule has 0 amide bonds. The largest absolute Gasteiger partial charge is 1.00 e. The van der Waals surface area contributed by atoms with Gasteiger partial charge in [0, 0.05) is 0 Å². The zero-order valence-corrected chi connectivity index (χ0v) is 20.2. The molecule has 0 heterocycles. The lowest BCUT2D eigenvalue weighted by atomic mass is 10.1. The maximum Gasteiger partial charge on any atom is 0.0768 e. The van der Waals surface area contributed by atoms with E-state index in [4.69, 9.17) is 0 Å². The quantitative estimate of drug-likeness (QED) is 0.260. The highest BCUT2D eigenvalue weighted by atomic mass is 35.5. The van der Waals surface area contributed by atoms with Crippen LogP contribution in [0.1, 0.15) is 117 Å². The molecule has 0 aromatic carbocycles. The highest BCUT2D eigenvalue weighted by molar-refractivity contribution is 4.47. The molecule has 0 aliphatic heterocycles. The lowest BCUT2D eigenvalue weighted by Gasteiger charge is -2.13. The van der Waals surface area contributed by atoms with Crippen molar-refractivity contribution in [2.75, 3.05) is 27.2 Å². The summed E-state index contributed by atoms with van der Waals surface area (Å²) in [4.78, 5) is 1.76. The molecule has 4 heteroatoms. The predicted molar refractivity (Wildman–Crippen MR) is 111 cm³/mol. The van der Waals surface area contributed by atoms with E-state index < -0.39 is 0 Å². The van der Waals surface area contributed by atoms with Gasteiger partial charge >= 0.3 is 0 Å². The van der Waals surface area contributed by atoms with Crippen LogP contribution in [-0.2, 0) is 0 Å². The third kappa shape index (κ3) is 32.2. The Hall–Kier alpha value is 0.500. The monoisotopic (exact) mass is 414 g/mol. The van der Waals surface area contributed by atoms with Gasteiger partial charge in [-0.15, -0.1) is 0 Å². The minimum absolute atomic E-state index is 0. The molecule has 0 rings (SSSR count). The summed E-state index contributed by atoms with van der Waals surface area (Å²) in [5.41, 5.74) is 3.25. The summed E-state index contributed by atoms with van der Waals surface area (Å²) in [7, 11) is 4.14. The molecule has 26 heavy (non-hydrogen) atoms. The van der Waals surface area contributed by atoms with Gasteiger partial charge in [-0.2, -0.15) is 0 Å². The van der Waals surface area contributed by atoms with Gasteiger partial charge < -0.3 is 35.4 Å². The van der Waals surface area contributed by atoms with Gasteiger partial charge in [-0.3, -0.25) is 0 Å². The molecule has 164 valence electrons. The minimum Gasteiger partial charge on any atom is -1.00 e. The molecule has 0 saturated carbocycles. The van der Waals surface area contributed by atoms with E-state index in [9.17, 15) is 0 Å². The van der Waals surface area contributed by atoms with Gasteiger partial charge in [0.05, 0.1) is 27.2 Å². The number of halogens is 2. The standard InChI is InChI=1S/C21H45N.CH5N.2ClH/c1-4-6-8-10-12-14-16-18-20-22(3)21-19-17-15-13-11-9-7-5-2;1-2;;/h4-21H2,1-3H3;2H2,1H3;2*1H. The van der Waals surface area contributed by atoms with Gasteiger partial charge in [0.25, 0.3) is 0 Å². The number of rotatable bonds is 18. The highest BCUT2D eigenvalue weighted by Gasteiger charge is 2.01. The lowest BCUT2D eigenvalue weighted by Crippen LogP contribution is -3.09. The first-order valence-corrected chi connectivity index (χ1v) is 11.3. The summed E-state index contributed by atoms with van der Waals surface area (Å²) in [6.07, 6.45) is 23.1. The Labute approximate surface area is 179 Å². The molecule has 0 aliphatic rings. The van der Waals surface area contributed by atoms with Crippen molar-refractivity contribution < 1.29 is 35.4 Å². The second-order valence-corrected chi connectivity index (χ2v) is 7.41. The van der Waals surface area contributed by atoms with Crippen LogP contribution in [0.3, 0.4) is 0 Å². The molecule has 4 N–H and O–H groups in total. The van der Waals surface area contributed by atoms with E-state index in [1.165, 1.54) is 116 Å². The zero-order chi connectivity index (χ0) is 18.3. The van der Waals surface area contributed by atoms with Crippen molar-refractivity contribution in [3.63, 3.8) is 0 Å². The number of nitrogens with one attached hydrogen (secondary N) is 1. The number of quaternary nitrogens is 2. The molecule has 2 nitrogen and oxygen atoms in total. The molecular formula is C22H52Cl2N2. The molecule has 0 fully saturated rings. The molecule has 0 radical (unpaired) electrons. The number of hydrogen-bond donors (Lipinski definition) is 2. The fraction of sp³-hybridized carbons (Fsp3) is 1.00. The van der Waals surface area contributed by atoms with Crippen LogP contribution in [0, 0.1) is 0 Å². The van der Waals surface area contributed by atoms with Crippen molar-refractivity contribution in [2.24, 2.45) is 0 Å². The van der Waals surface area contributed by atoms with Crippen LogP contribution in [0.15, 0.2) is 0 Å². The molecule has 0 aliphatic carbocycles. The molecule has 0 bridgehead atoms. The predicted octanol–water partition coefficient (Wildman–Crippen LogP) is -1.35.